The molecule has 2 aromatic heterocycles. The van der Waals surface area contributed by atoms with Gasteiger partial charge in [0.05, 0.1) is 11.7 Å². The highest BCUT2D eigenvalue weighted by Gasteiger charge is 2.44. The Morgan fingerprint density at radius 2 is 1.81 bits per heavy atom. The molecule has 134 valence electrons. The minimum atomic E-state index is 0.423. The molecule has 3 aliphatic rings. The molecule has 4 aromatic rings. The zero-order chi connectivity index (χ0) is 18.1. The fourth-order valence-electron chi connectivity index (χ4n) is 5.51. The summed E-state index contributed by atoms with van der Waals surface area (Å²) in [5, 5.41) is 2.27. The van der Waals surface area contributed by atoms with Gasteiger partial charge in [0.25, 0.3) is 0 Å². The predicted molar refractivity (Wildman–Crippen MR) is 109 cm³/mol. The van der Waals surface area contributed by atoms with Crippen LogP contribution in [0, 0.1) is 6.92 Å². The lowest BCUT2D eigenvalue weighted by molar-refractivity contribution is 0.324. The number of furan rings is 1. The van der Waals surface area contributed by atoms with Gasteiger partial charge >= 0.3 is 0 Å². The molecule has 4 heterocycles. The summed E-state index contributed by atoms with van der Waals surface area (Å²) in [6, 6.07) is 18.4. The summed E-state index contributed by atoms with van der Waals surface area (Å²) < 4.78 is 6.31. The van der Waals surface area contributed by atoms with Crippen LogP contribution in [0.2, 0.25) is 0 Å². The van der Waals surface area contributed by atoms with Crippen LogP contribution in [-0.4, -0.2) is 11.0 Å². The molecule has 0 spiro atoms. The number of hydrogen-bond donors (Lipinski definition) is 0. The molecule has 3 nitrogen and oxygen atoms in total. The minimum absolute atomic E-state index is 0.423. The Labute approximate surface area is 158 Å². The molecular formula is C24H22N2O. The maximum atomic E-state index is 6.31. The molecule has 1 aliphatic carbocycles. The fraction of sp³-hybridized carbons (Fsp3) is 0.292. The maximum absolute atomic E-state index is 6.31. The topological polar surface area (TPSA) is 29.3 Å². The van der Waals surface area contributed by atoms with E-state index in [2.05, 4.69) is 66.2 Å². The van der Waals surface area contributed by atoms with E-state index in [1.165, 1.54) is 35.0 Å². The Kier molecular flexibility index (Phi) is 3.03. The van der Waals surface area contributed by atoms with Crippen molar-refractivity contribution in [1.29, 1.82) is 0 Å². The first-order valence-electron chi connectivity index (χ1n) is 9.88. The second-order valence-corrected chi connectivity index (χ2v) is 8.04. The van der Waals surface area contributed by atoms with E-state index in [1.54, 1.807) is 11.8 Å². The van der Waals surface area contributed by atoms with E-state index in [4.69, 9.17) is 4.42 Å². The van der Waals surface area contributed by atoms with Crippen molar-refractivity contribution in [3.63, 3.8) is 0 Å². The average Bonchev–Trinajstić information content (AvgIpc) is 3.08. The van der Waals surface area contributed by atoms with Crippen molar-refractivity contribution < 1.29 is 4.42 Å². The molecule has 2 unspecified atom stereocenters. The first-order chi connectivity index (χ1) is 13.2. The van der Waals surface area contributed by atoms with Gasteiger partial charge in [-0.05, 0) is 55.5 Å². The number of hydrogen-bond acceptors (Lipinski definition) is 3. The highest BCUT2D eigenvalue weighted by molar-refractivity contribution is 6.08. The second-order valence-electron chi connectivity index (χ2n) is 8.04. The van der Waals surface area contributed by atoms with Gasteiger partial charge in [0.15, 0.2) is 5.58 Å². The number of anilines is 1. The number of aryl methyl sites for hydroxylation is 1. The molecule has 0 amide bonds. The summed E-state index contributed by atoms with van der Waals surface area (Å²) in [4.78, 5) is 7.09. The van der Waals surface area contributed by atoms with Crippen LogP contribution in [0.5, 0.6) is 0 Å². The first-order valence-corrected chi connectivity index (χ1v) is 9.88. The van der Waals surface area contributed by atoms with Gasteiger partial charge in [0.2, 0.25) is 5.71 Å². The Morgan fingerprint density at radius 1 is 0.963 bits per heavy atom. The Morgan fingerprint density at radius 3 is 2.70 bits per heavy atom. The van der Waals surface area contributed by atoms with E-state index in [9.17, 15) is 0 Å². The van der Waals surface area contributed by atoms with Crippen LogP contribution < -0.4 is 4.90 Å². The zero-order valence-electron chi connectivity index (χ0n) is 15.6. The van der Waals surface area contributed by atoms with Crippen LogP contribution in [0.15, 0.2) is 59.1 Å². The maximum Gasteiger partial charge on any atom is 0.227 e. The summed E-state index contributed by atoms with van der Waals surface area (Å²) in [5.74, 6) is 0.586. The summed E-state index contributed by atoms with van der Waals surface area (Å²) in [5.41, 5.74) is 7.29. The molecule has 2 bridgehead atoms. The molecule has 3 atom stereocenters. The lowest BCUT2D eigenvalue weighted by atomic mass is 9.70. The molecule has 3 heteroatoms. The van der Waals surface area contributed by atoms with Gasteiger partial charge in [-0.15, -0.1) is 0 Å². The first kappa shape index (κ1) is 15.3. The minimum Gasteiger partial charge on any atom is -0.436 e. The summed E-state index contributed by atoms with van der Waals surface area (Å²) in [7, 11) is 0. The smallest absolute Gasteiger partial charge is 0.227 e. The van der Waals surface area contributed by atoms with Crippen LogP contribution in [0.25, 0.3) is 22.1 Å². The summed E-state index contributed by atoms with van der Waals surface area (Å²) >= 11 is 0. The zero-order valence-corrected chi connectivity index (χ0v) is 15.6. The van der Waals surface area contributed by atoms with E-state index in [-0.39, 0.29) is 0 Å². The number of pyridine rings is 1. The van der Waals surface area contributed by atoms with Gasteiger partial charge in [-0.25, -0.2) is 4.98 Å². The Balaban J connectivity index is 1.63. The van der Waals surface area contributed by atoms with E-state index >= 15 is 0 Å². The van der Waals surface area contributed by atoms with E-state index in [1.807, 2.05) is 6.07 Å². The van der Waals surface area contributed by atoms with E-state index in [0.717, 1.165) is 16.7 Å². The van der Waals surface area contributed by atoms with E-state index < -0.39 is 0 Å². The van der Waals surface area contributed by atoms with Gasteiger partial charge < -0.3 is 9.32 Å². The molecule has 1 saturated heterocycles. The lowest BCUT2D eigenvalue weighted by Gasteiger charge is -2.52. The summed E-state index contributed by atoms with van der Waals surface area (Å²) in [6.07, 6.45) is 4.29. The average molecular weight is 354 g/mol. The predicted octanol–water partition coefficient (Wildman–Crippen LogP) is 6.12. The van der Waals surface area contributed by atoms with Crippen molar-refractivity contribution in [3.05, 3.63) is 71.4 Å². The molecule has 0 N–H and O–H groups in total. The van der Waals surface area contributed by atoms with Crippen LogP contribution in [0.3, 0.4) is 0 Å². The molecule has 1 fully saturated rings. The number of nitrogens with zero attached hydrogens (tertiary/aromatic N) is 2. The second kappa shape index (κ2) is 5.35. The Hall–Kier alpha value is -2.81. The highest BCUT2D eigenvalue weighted by atomic mass is 16.3. The van der Waals surface area contributed by atoms with Crippen molar-refractivity contribution >= 4 is 27.8 Å². The third-order valence-electron chi connectivity index (χ3n) is 6.71. The fourth-order valence-corrected chi connectivity index (χ4v) is 5.51. The molecule has 7 rings (SSSR count). The van der Waals surface area contributed by atoms with E-state index in [0.29, 0.717) is 18.0 Å². The van der Waals surface area contributed by atoms with Crippen molar-refractivity contribution in [2.24, 2.45) is 0 Å². The Bertz CT molecular complexity index is 1190. The largest absolute Gasteiger partial charge is 0.436 e. The number of rotatable bonds is 1. The van der Waals surface area contributed by atoms with Crippen LogP contribution in [0.1, 0.15) is 48.4 Å². The molecular weight excluding hydrogens is 332 g/mol. The number of piperidine rings is 1. The molecule has 2 aromatic carbocycles. The molecule has 0 radical (unpaired) electrons. The van der Waals surface area contributed by atoms with Crippen molar-refractivity contribution in [1.82, 2.24) is 4.98 Å². The quantitative estimate of drug-likeness (QED) is 0.412. The van der Waals surface area contributed by atoms with Crippen molar-refractivity contribution in [2.75, 3.05) is 4.90 Å². The van der Waals surface area contributed by atoms with Crippen molar-refractivity contribution in [2.45, 2.75) is 44.7 Å². The molecule has 27 heavy (non-hydrogen) atoms. The standard InChI is InChI=1S/C24H22N2O/c1-14-9-10-19-20-8-5-13-25-24(20)27-23(19)22(14)26-15(2)16-11-12-21(26)18-7-4-3-6-17(16)18/h3-10,13,15-16,21H,11-12H2,1-2H3/t15-,16?,21?/m0/s1. The van der Waals surface area contributed by atoms with Gasteiger partial charge in [0, 0.05) is 28.9 Å². The van der Waals surface area contributed by atoms with Gasteiger partial charge in [-0.2, -0.15) is 0 Å². The molecule has 2 aliphatic heterocycles. The molecule has 0 saturated carbocycles. The monoisotopic (exact) mass is 354 g/mol. The number of fused-ring (bicyclic) bond motifs is 5. The highest BCUT2D eigenvalue weighted by Crippen LogP contribution is 2.53. The lowest BCUT2D eigenvalue weighted by Crippen LogP contribution is -2.49. The third-order valence-corrected chi connectivity index (χ3v) is 6.71. The van der Waals surface area contributed by atoms with Gasteiger partial charge in [0.1, 0.15) is 0 Å². The normalized spacial score (nSPS) is 23.9. The van der Waals surface area contributed by atoms with Crippen LogP contribution >= 0.6 is 0 Å². The van der Waals surface area contributed by atoms with Gasteiger partial charge in [-0.3, -0.25) is 0 Å². The van der Waals surface area contributed by atoms with Gasteiger partial charge in [-0.1, -0.05) is 36.4 Å². The summed E-state index contributed by atoms with van der Waals surface area (Å²) in [6.45, 7) is 4.59. The van der Waals surface area contributed by atoms with Crippen LogP contribution in [0.4, 0.5) is 5.69 Å². The SMILES string of the molecule is Cc1ccc2c(oc3ncccc32)c1N1C2CCC(c3ccccc32)[C@@H]1C. The number of benzene rings is 2. The number of aromatic nitrogens is 1. The van der Waals surface area contributed by atoms with Crippen LogP contribution in [-0.2, 0) is 0 Å². The van der Waals surface area contributed by atoms with Crippen molar-refractivity contribution in [3.8, 4) is 0 Å². The third kappa shape index (κ3) is 1.94.